The Morgan fingerprint density at radius 1 is 1.25 bits per heavy atom. The van der Waals surface area contributed by atoms with Gasteiger partial charge in [0.2, 0.25) is 0 Å². The number of ether oxygens (including phenoxy) is 1. The largest absolute Gasteiger partial charge is 0.471 e. The maximum Gasteiger partial charge on any atom is 0.471 e. The first-order valence-corrected chi connectivity index (χ1v) is 8.28. The predicted molar refractivity (Wildman–Crippen MR) is 70.6 cm³/mol. The van der Waals surface area contributed by atoms with Gasteiger partial charge in [-0.25, -0.2) is 4.57 Å². The molecule has 1 saturated carbocycles. The molecule has 0 aromatic carbocycles. The highest BCUT2D eigenvalue weighted by Crippen LogP contribution is 2.40. The number of rotatable bonds is 3. The zero-order chi connectivity index (χ0) is 15.2. The van der Waals surface area contributed by atoms with Crippen molar-refractivity contribution in [3.8, 4) is 0 Å². The second kappa shape index (κ2) is 8.41. The minimum absolute atomic E-state index is 0.0592. The number of hydrogen-bond donors (Lipinski definition) is 5. The summed E-state index contributed by atoms with van der Waals surface area (Å²) in [4.78, 5) is 16.8. The Morgan fingerprint density at radius 2 is 1.85 bits per heavy atom. The van der Waals surface area contributed by atoms with Crippen LogP contribution in [0.1, 0.15) is 38.5 Å². The van der Waals surface area contributed by atoms with E-state index in [0.717, 1.165) is 0 Å². The SMILES string of the molecule is NC1CCCCC1.O=P(O)(O)OC1CC(O)C(CO)O1. The highest BCUT2D eigenvalue weighted by Gasteiger charge is 2.37. The third-order valence-corrected chi connectivity index (χ3v) is 3.78. The van der Waals surface area contributed by atoms with E-state index >= 15 is 0 Å². The van der Waals surface area contributed by atoms with Gasteiger partial charge in [-0.05, 0) is 12.8 Å². The van der Waals surface area contributed by atoms with Gasteiger partial charge in [-0.2, -0.15) is 0 Å². The Bertz CT molecular complexity index is 318. The summed E-state index contributed by atoms with van der Waals surface area (Å²) >= 11 is 0. The minimum atomic E-state index is -4.60. The molecule has 1 saturated heterocycles. The predicted octanol–water partition coefficient (Wildman–Crippen LogP) is -0.158. The van der Waals surface area contributed by atoms with Gasteiger partial charge < -0.3 is 30.5 Å². The molecule has 0 amide bonds. The van der Waals surface area contributed by atoms with E-state index in [4.69, 9.17) is 30.5 Å². The molecular formula is C11H24NO7P. The molecule has 1 aliphatic carbocycles. The van der Waals surface area contributed by atoms with E-state index in [0.29, 0.717) is 6.04 Å². The standard InChI is InChI=1S/C6H13N.C5H11O7P/c7-6-4-2-1-3-5-6;6-2-4-3(7)1-5(11-4)12-13(8,9)10/h6H,1-5,7H2;3-7H,1-2H2,(H2,8,9,10). The van der Waals surface area contributed by atoms with Crippen LogP contribution in [-0.4, -0.2) is 51.1 Å². The van der Waals surface area contributed by atoms with E-state index in [2.05, 4.69) is 4.52 Å². The molecule has 0 aromatic heterocycles. The maximum absolute atomic E-state index is 10.3. The lowest BCUT2D eigenvalue weighted by Gasteiger charge is -2.15. The smallest absolute Gasteiger partial charge is 0.394 e. The van der Waals surface area contributed by atoms with Crippen LogP contribution in [0.5, 0.6) is 0 Å². The lowest BCUT2D eigenvalue weighted by atomic mass is 9.97. The lowest BCUT2D eigenvalue weighted by molar-refractivity contribution is -0.102. The fourth-order valence-corrected chi connectivity index (χ4v) is 2.65. The van der Waals surface area contributed by atoms with Crippen LogP contribution in [0.2, 0.25) is 0 Å². The average Bonchev–Trinajstić information content (AvgIpc) is 2.68. The summed E-state index contributed by atoms with van der Waals surface area (Å²) in [6, 6.07) is 0.536. The van der Waals surface area contributed by atoms with Crippen LogP contribution in [0.4, 0.5) is 0 Å². The molecule has 6 N–H and O–H groups in total. The highest BCUT2D eigenvalue weighted by atomic mass is 31.2. The Labute approximate surface area is 118 Å². The molecule has 8 nitrogen and oxygen atoms in total. The van der Waals surface area contributed by atoms with Crippen LogP contribution in [0, 0.1) is 0 Å². The van der Waals surface area contributed by atoms with Gasteiger partial charge in [0.1, 0.15) is 6.10 Å². The number of aliphatic hydroxyl groups excluding tert-OH is 2. The van der Waals surface area contributed by atoms with Crippen molar-refractivity contribution in [3.63, 3.8) is 0 Å². The molecule has 0 bridgehead atoms. The van der Waals surface area contributed by atoms with Crippen molar-refractivity contribution in [1.29, 1.82) is 0 Å². The molecule has 9 heteroatoms. The van der Waals surface area contributed by atoms with Gasteiger partial charge in [-0.15, -0.1) is 0 Å². The monoisotopic (exact) mass is 313 g/mol. The summed E-state index contributed by atoms with van der Waals surface area (Å²) in [5, 5.41) is 17.8. The summed E-state index contributed by atoms with van der Waals surface area (Å²) in [5.74, 6) is 0. The van der Waals surface area contributed by atoms with E-state index in [1.165, 1.54) is 32.1 Å². The van der Waals surface area contributed by atoms with Gasteiger partial charge >= 0.3 is 7.82 Å². The number of phosphoric acid groups is 1. The van der Waals surface area contributed by atoms with E-state index in [-0.39, 0.29) is 6.42 Å². The van der Waals surface area contributed by atoms with Crippen LogP contribution < -0.4 is 5.73 Å². The summed E-state index contributed by atoms with van der Waals surface area (Å²) in [5.41, 5.74) is 5.63. The number of phosphoric ester groups is 1. The molecule has 1 aliphatic heterocycles. The van der Waals surface area contributed by atoms with Gasteiger partial charge in [0.05, 0.1) is 12.7 Å². The van der Waals surface area contributed by atoms with Crippen molar-refractivity contribution in [2.45, 2.75) is 63.1 Å². The van der Waals surface area contributed by atoms with E-state index in [1.807, 2.05) is 0 Å². The molecule has 2 rings (SSSR count). The molecule has 2 fully saturated rings. The van der Waals surface area contributed by atoms with Crippen LogP contribution >= 0.6 is 7.82 Å². The molecule has 120 valence electrons. The zero-order valence-electron chi connectivity index (χ0n) is 11.3. The quantitative estimate of drug-likeness (QED) is 0.452. The maximum atomic E-state index is 10.3. The zero-order valence-corrected chi connectivity index (χ0v) is 12.2. The lowest BCUT2D eigenvalue weighted by Crippen LogP contribution is -2.24. The number of hydrogen-bond acceptors (Lipinski definition) is 6. The van der Waals surface area contributed by atoms with Crippen molar-refractivity contribution in [2.24, 2.45) is 5.73 Å². The molecule has 0 spiro atoms. The Balaban J connectivity index is 0.000000240. The van der Waals surface area contributed by atoms with Gasteiger partial charge in [0.15, 0.2) is 6.29 Å². The van der Waals surface area contributed by atoms with Crippen LogP contribution in [0.25, 0.3) is 0 Å². The van der Waals surface area contributed by atoms with Crippen LogP contribution in [0.3, 0.4) is 0 Å². The molecule has 3 atom stereocenters. The van der Waals surface area contributed by atoms with Crippen molar-refractivity contribution < 1.29 is 33.8 Å². The first-order valence-electron chi connectivity index (χ1n) is 6.75. The van der Waals surface area contributed by atoms with Crippen molar-refractivity contribution in [2.75, 3.05) is 6.61 Å². The third-order valence-electron chi connectivity index (χ3n) is 3.27. The van der Waals surface area contributed by atoms with Gasteiger partial charge in [-0.3, -0.25) is 4.52 Å². The summed E-state index contributed by atoms with van der Waals surface area (Å²) in [6.07, 6.45) is 3.65. The summed E-state index contributed by atoms with van der Waals surface area (Å²) < 4.78 is 19.3. The molecule has 0 aromatic rings. The van der Waals surface area contributed by atoms with Crippen molar-refractivity contribution in [1.82, 2.24) is 0 Å². The normalized spacial score (nSPS) is 31.8. The molecular weight excluding hydrogens is 289 g/mol. The summed E-state index contributed by atoms with van der Waals surface area (Å²) in [6.45, 7) is -0.414. The molecule has 2 aliphatic rings. The topological polar surface area (TPSA) is 142 Å². The Hall–Kier alpha value is -0.0500. The first kappa shape index (κ1) is 18.0. The number of aliphatic hydroxyl groups is 2. The van der Waals surface area contributed by atoms with Crippen LogP contribution in [-0.2, 0) is 13.8 Å². The van der Waals surface area contributed by atoms with Gasteiger partial charge in [-0.1, -0.05) is 19.3 Å². The molecule has 20 heavy (non-hydrogen) atoms. The van der Waals surface area contributed by atoms with Gasteiger partial charge in [0.25, 0.3) is 0 Å². The van der Waals surface area contributed by atoms with E-state index in [9.17, 15) is 4.57 Å². The Morgan fingerprint density at radius 3 is 2.20 bits per heavy atom. The van der Waals surface area contributed by atoms with E-state index in [1.54, 1.807) is 0 Å². The fourth-order valence-electron chi connectivity index (χ4n) is 2.21. The second-order valence-corrected chi connectivity index (χ2v) is 6.28. The summed E-state index contributed by atoms with van der Waals surface area (Å²) in [7, 11) is -4.60. The first-order chi connectivity index (χ1) is 9.31. The van der Waals surface area contributed by atoms with E-state index < -0.39 is 32.9 Å². The van der Waals surface area contributed by atoms with Gasteiger partial charge in [0, 0.05) is 12.5 Å². The van der Waals surface area contributed by atoms with Crippen molar-refractivity contribution in [3.05, 3.63) is 0 Å². The fraction of sp³-hybridized carbons (Fsp3) is 1.00. The molecule has 3 unspecified atom stereocenters. The second-order valence-electron chi connectivity index (χ2n) is 5.08. The third kappa shape index (κ3) is 7.10. The van der Waals surface area contributed by atoms with Crippen LogP contribution in [0.15, 0.2) is 0 Å². The highest BCUT2D eigenvalue weighted by molar-refractivity contribution is 7.46. The minimum Gasteiger partial charge on any atom is -0.394 e. The van der Waals surface area contributed by atoms with Crippen molar-refractivity contribution >= 4 is 7.82 Å². The number of nitrogens with two attached hydrogens (primary N) is 1. The Kier molecular flexibility index (Phi) is 7.57. The molecule has 0 radical (unpaired) electrons. The molecule has 1 heterocycles. The average molecular weight is 313 g/mol.